The van der Waals surface area contributed by atoms with Gasteiger partial charge in [-0.1, -0.05) is 19.1 Å². The molecule has 1 rings (SSSR count). The normalized spacial score (nSPS) is 11.9. The first-order valence-corrected chi connectivity index (χ1v) is 5.70. The Labute approximate surface area is 105 Å². The Morgan fingerprint density at radius 3 is 2.67 bits per heavy atom. The third kappa shape index (κ3) is 3.76. The largest absolute Gasteiger partial charge is 0.507 e. The molecular formula is C13H17NO4. The number of hydrogen-bond acceptors (Lipinski definition) is 3. The first-order chi connectivity index (χ1) is 8.41. The maximum absolute atomic E-state index is 11.8. The number of phenols is 1. The lowest BCUT2D eigenvalue weighted by Crippen LogP contribution is -2.29. The van der Waals surface area contributed by atoms with Crippen LogP contribution in [0.2, 0.25) is 0 Å². The van der Waals surface area contributed by atoms with E-state index < -0.39 is 11.9 Å². The summed E-state index contributed by atoms with van der Waals surface area (Å²) in [6.45, 7) is 3.71. The van der Waals surface area contributed by atoms with E-state index in [2.05, 4.69) is 5.32 Å². The number of para-hydroxylation sites is 1. The molecule has 0 aliphatic heterocycles. The minimum Gasteiger partial charge on any atom is -0.507 e. The fraction of sp³-hybridized carbons (Fsp3) is 0.385. The minimum absolute atomic E-state index is 0.0000790. The molecule has 0 aromatic heterocycles. The summed E-state index contributed by atoms with van der Waals surface area (Å²) in [6.07, 6.45) is 0.0000790. The van der Waals surface area contributed by atoms with E-state index in [1.807, 2.05) is 0 Å². The molecule has 1 aromatic rings. The van der Waals surface area contributed by atoms with Crippen LogP contribution >= 0.6 is 0 Å². The Kier molecular flexibility index (Phi) is 4.71. The summed E-state index contributed by atoms with van der Waals surface area (Å²) in [6, 6.07) is 4.92. The van der Waals surface area contributed by atoms with Gasteiger partial charge in [-0.15, -0.1) is 0 Å². The number of phenolic OH excluding ortho intramolecular Hbond substituents is 1. The Morgan fingerprint density at radius 1 is 1.39 bits per heavy atom. The molecule has 5 nitrogen and oxygen atoms in total. The molecular weight excluding hydrogens is 234 g/mol. The van der Waals surface area contributed by atoms with Crippen molar-refractivity contribution in [1.82, 2.24) is 5.32 Å². The average Bonchev–Trinajstić information content (AvgIpc) is 2.29. The molecule has 0 aliphatic rings. The van der Waals surface area contributed by atoms with Crippen LogP contribution in [0.25, 0.3) is 0 Å². The van der Waals surface area contributed by atoms with E-state index in [1.165, 1.54) is 6.07 Å². The third-order valence-corrected chi connectivity index (χ3v) is 2.62. The van der Waals surface area contributed by atoms with Crippen LogP contribution in [-0.4, -0.2) is 28.6 Å². The standard InChI is InChI=1S/C13H17NO4/c1-8(6-11(15)16)7-14-13(18)10-5-3-4-9(2)12(10)17/h3-5,8,17H,6-7H2,1-2H3,(H,14,18)(H,15,16). The number of carboxylic acid groups (broad SMARTS) is 1. The van der Waals surface area contributed by atoms with Crippen LogP contribution in [0.4, 0.5) is 0 Å². The highest BCUT2D eigenvalue weighted by atomic mass is 16.4. The second-order valence-electron chi connectivity index (χ2n) is 4.38. The lowest BCUT2D eigenvalue weighted by molar-refractivity contribution is -0.137. The molecule has 3 N–H and O–H groups in total. The fourth-order valence-corrected chi connectivity index (χ4v) is 1.57. The molecule has 0 fully saturated rings. The zero-order chi connectivity index (χ0) is 13.7. The topological polar surface area (TPSA) is 86.6 Å². The highest BCUT2D eigenvalue weighted by Crippen LogP contribution is 2.21. The number of rotatable bonds is 5. The zero-order valence-corrected chi connectivity index (χ0v) is 10.4. The van der Waals surface area contributed by atoms with E-state index >= 15 is 0 Å². The lowest BCUT2D eigenvalue weighted by atomic mass is 10.1. The predicted molar refractivity (Wildman–Crippen MR) is 66.6 cm³/mol. The van der Waals surface area contributed by atoms with Crippen molar-refractivity contribution >= 4 is 11.9 Å². The number of nitrogens with one attached hydrogen (secondary N) is 1. The second-order valence-corrected chi connectivity index (χ2v) is 4.38. The molecule has 0 bridgehead atoms. The summed E-state index contributed by atoms with van der Waals surface area (Å²) in [5, 5.41) is 20.9. The summed E-state index contributed by atoms with van der Waals surface area (Å²) in [7, 11) is 0. The molecule has 1 atom stereocenters. The second kappa shape index (κ2) is 6.05. The Bertz CT molecular complexity index is 456. The number of carbonyl (C=O) groups excluding carboxylic acids is 1. The van der Waals surface area contributed by atoms with Gasteiger partial charge in [-0.25, -0.2) is 0 Å². The quantitative estimate of drug-likeness (QED) is 0.740. The number of benzene rings is 1. The molecule has 18 heavy (non-hydrogen) atoms. The van der Waals surface area contributed by atoms with Crippen molar-refractivity contribution in [3.05, 3.63) is 29.3 Å². The van der Waals surface area contributed by atoms with Gasteiger partial charge < -0.3 is 15.5 Å². The number of carbonyl (C=O) groups is 2. The van der Waals surface area contributed by atoms with Gasteiger partial charge in [-0.05, 0) is 24.5 Å². The predicted octanol–water partition coefficient (Wildman–Crippen LogP) is 1.54. The molecule has 0 aliphatic carbocycles. The number of carboxylic acids is 1. The summed E-state index contributed by atoms with van der Waals surface area (Å²) >= 11 is 0. The monoisotopic (exact) mass is 251 g/mol. The Morgan fingerprint density at radius 2 is 2.06 bits per heavy atom. The summed E-state index contributed by atoms with van der Waals surface area (Å²) in [4.78, 5) is 22.3. The van der Waals surface area contributed by atoms with Crippen molar-refractivity contribution in [2.24, 2.45) is 5.92 Å². The van der Waals surface area contributed by atoms with Crippen LogP contribution < -0.4 is 5.32 Å². The number of aryl methyl sites for hydroxylation is 1. The van der Waals surface area contributed by atoms with Crippen molar-refractivity contribution in [3.8, 4) is 5.75 Å². The molecule has 0 spiro atoms. The van der Waals surface area contributed by atoms with Crippen LogP contribution in [0.1, 0.15) is 29.3 Å². The van der Waals surface area contributed by atoms with Gasteiger partial charge in [0.05, 0.1) is 5.56 Å². The van der Waals surface area contributed by atoms with E-state index in [4.69, 9.17) is 5.11 Å². The van der Waals surface area contributed by atoms with Gasteiger partial charge >= 0.3 is 5.97 Å². The number of hydrogen-bond donors (Lipinski definition) is 3. The Balaban J connectivity index is 2.61. The summed E-state index contributed by atoms with van der Waals surface area (Å²) in [5.41, 5.74) is 0.832. The first-order valence-electron chi connectivity index (χ1n) is 5.70. The van der Waals surface area contributed by atoms with E-state index in [0.29, 0.717) is 5.56 Å². The van der Waals surface area contributed by atoms with Gasteiger partial charge in [0.25, 0.3) is 5.91 Å². The fourth-order valence-electron chi connectivity index (χ4n) is 1.57. The van der Waals surface area contributed by atoms with Gasteiger partial charge in [0.2, 0.25) is 0 Å². The van der Waals surface area contributed by atoms with E-state index in [-0.39, 0.29) is 30.2 Å². The molecule has 5 heteroatoms. The highest BCUT2D eigenvalue weighted by molar-refractivity contribution is 5.97. The van der Waals surface area contributed by atoms with Gasteiger partial charge in [0.1, 0.15) is 5.75 Å². The van der Waals surface area contributed by atoms with Crippen LogP contribution in [0.5, 0.6) is 5.75 Å². The van der Waals surface area contributed by atoms with Crippen molar-refractivity contribution in [2.75, 3.05) is 6.54 Å². The molecule has 98 valence electrons. The van der Waals surface area contributed by atoms with E-state index in [1.54, 1.807) is 26.0 Å². The summed E-state index contributed by atoms with van der Waals surface area (Å²) in [5.74, 6) is -1.48. The van der Waals surface area contributed by atoms with Crippen molar-refractivity contribution in [2.45, 2.75) is 20.3 Å². The average molecular weight is 251 g/mol. The maximum Gasteiger partial charge on any atom is 0.303 e. The van der Waals surface area contributed by atoms with Gasteiger partial charge in [0, 0.05) is 13.0 Å². The summed E-state index contributed by atoms with van der Waals surface area (Å²) < 4.78 is 0. The molecule has 1 unspecified atom stereocenters. The number of aliphatic carboxylic acids is 1. The van der Waals surface area contributed by atoms with Crippen LogP contribution in [0.15, 0.2) is 18.2 Å². The third-order valence-electron chi connectivity index (χ3n) is 2.62. The molecule has 0 saturated carbocycles. The molecule has 1 amide bonds. The molecule has 1 aromatic carbocycles. The van der Waals surface area contributed by atoms with Gasteiger partial charge in [0.15, 0.2) is 0 Å². The highest BCUT2D eigenvalue weighted by Gasteiger charge is 2.14. The SMILES string of the molecule is Cc1cccc(C(=O)NCC(C)CC(=O)O)c1O. The van der Waals surface area contributed by atoms with Crippen LogP contribution in [0, 0.1) is 12.8 Å². The van der Waals surface area contributed by atoms with Gasteiger partial charge in [-0.2, -0.15) is 0 Å². The molecule has 0 saturated heterocycles. The minimum atomic E-state index is -0.893. The van der Waals surface area contributed by atoms with Gasteiger partial charge in [-0.3, -0.25) is 9.59 Å². The van der Waals surface area contributed by atoms with Crippen LogP contribution in [0.3, 0.4) is 0 Å². The maximum atomic E-state index is 11.8. The zero-order valence-electron chi connectivity index (χ0n) is 10.4. The van der Waals surface area contributed by atoms with Crippen molar-refractivity contribution in [3.63, 3.8) is 0 Å². The molecule has 0 heterocycles. The number of amides is 1. The van der Waals surface area contributed by atoms with E-state index in [0.717, 1.165) is 0 Å². The van der Waals surface area contributed by atoms with Crippen molar-refractivity contribution in [1.29, 1.82) is 0 Å². The Hall–Kier alpha value is -2.04. The number of aromatic hydroxyl groups is 1. The smallest absolute Gasteiger partial charge is 0.303 e. The van der Waals surface area contributed by atoms with Crippen molar-refractivity contribution < 1.29 is 19.8 Å². The lowest BCUT2D eigenvalue weighted by Gasteiger charge is -2.11. The first kappa shape index (κ1) is 14.0. The van der Waals surface area contributed by atoms with E-state index in [9.17, 15) is 14.7 Å². The molecule has 0 radical (unpaired) electrons. The van der Waals surface area contributed by atoms with Crippen LogP contribution in [-0.2, 0) is 4.79 Å².